The lowest BCUT2D eigenvalue weighted by Gasteiger charge is -2.20. The zero-order valence-electron chi connectivity index (χ0n) is 15.9. The van der Waals surface area contributed by atoms with Crippen LogP contribution in [0.5, 0.6) is 0 Å². The second kappa shape index (κ2) is 8.31. The molecule has 3 rings (SSSR count). The minimum atomic E-state index is -0.703. The number of benzene rings is 2. The van der Waals surface area contributed by atoms with Gasteiger partial charge in [0.15, 0.2) is 11.6 Å². The Morgan fingerprint density at radius 1 is 1.11 bits per heavy atom. The molecule has 0 aliphatic carbocycles. The first-order chi connectivity index (χ1) is 13.4. The van der Waals surface area contributed by atoms with Crippen molar-refractivity contribution >= 4 is 5.97 Å². The Bertz CT molecular complexity index is 961. The maximum Gasteiger partial charge on any atom is 0.327 e. The van der Waals surface area contributed by atoms with E-state index in [0.29, 0.717) is 5.69 Å². The number of esters is 1. The number of nitrogens with zero attached hydrogens (tertiary/aromatic N) is 2. The second-order valence-electron chi connectivity index (χ2n) is 6.46. The van der Waals surface area contributed by atoms with Gasteiger partial charge in [-0.25, -0.2) is 18.3 Å². The Kier molecular flexibility index (Phi) is 5.84. The van der Waals surface area contributed by atoms with Crippen LogP contribution in [0.3, 0.4) is 0 Å². The lowest BCUT2D eigenvalue weighted by Crippen LogP contribution is -2.30. The van der Waals surface area contributed by atoms with E-state index >= 15 is 0 Å². The summed E-state index contributed by atoms with van der Waals surface area (Å²) >= 11 is 0. The van der Waals surface area contributed by atoms with E-state index in [0.717, 1.165) is 21.4 Å². The predicted molar refractivity (Wildman–Crippen MR) is 101 cm³/mol. The fourth-order valence-corrected chi connectivity index (χ4v) is 3.20. The molecule has 1 N–H and O–H groups in total. The molecule has 0 spiro atoms. The lowest BCUT2D eigenvalue weighted by atomic mass is 9.96. The SMILES string of the molecule is COC(=O)[C@@H](NCc1ccn(-c2c(F)cccc2F)n1)c1c(C)cccc1C. The van der Waals surface area contributed by atoms with Gasteiger partial charge < -0.3 is 4.74 Å². The van der Waals surface area contributed by atoms with Gasteiger partial charge >= 0.3 is 5.97 Å². The monoisotopic (exact) mass is 385 g/mol. The number of aryl methyl sites for hydroxylation is 2. The summed E-state index contributed by atoms with van der Waals surface area (Å²) in [5.74, 6) is -1.83. The van der Waals surface area contributed by atoms with Gasteiger partial charge in [0.05, 0.1) is 12.8 Å². The molecule has 3 aromatic rings. The number of aromatic nitrogens is 2. The van der Waals surface area contributed by atoms with Crippen LogP contribution in [0.1, 0.15) is 28.4 Å². The van der Waals surface area contributed by atoms with Crippen molar-refractivity contribution in [1.29, 1.82) is 0 Å². The molecule has 0 bridgehead atoms. The molecule has 0 radical (unpaired) electrons. The molecule has 0 fully saturated rings. The van der Waals surface area contributed by atoms with Crippen molar-refractivity contribution in [1.82, 2.24) is 15.1 Å². The molecule has 5 nitrogen and oxygen atoms in total. The van der Waals surface area contributed by atoms with Crippen molar-refractivity contribution in [3.8, 4) is 5.69 Å². The van der Waals surface area contributed by atoms with Crippen molar-refractivity contribution in [2.24, 2.45) is 0 Å². The van der Waals surface area contributed by atoms with Crippen LogP contribution in [0, 0.1) is 25.5 Å². The van der Waals surface area contributed by atoms with Crippen molar-refractivity contribution in [3.63, 3.8) is 0 Å². The summed E-state index contributed by atoms with van der Waals surface area (Å²) in [6.45, 7) is 4.07. The van der Waals surface area contributed by atoms with Gasteiger partial charge in [-0.15, -0.1) is 0 Å². The molecule has 0 saturated heterocycles. The van der Waals surface area contributed by atoms with Crippen molar-refractivity contribution in [3.05, 3.63) is 82.7 Å². The maximum atomic E-state index is 13.9. The quantitative estimate of drug-likeness (QED) is 0.657. The number of nitrogens with one attached hydrogen (secondary N) is 1. The highest BCUT2D eigenvalue weighted by atomic mass is 19.1. The Hall–Kier alpha value is -3.06. The summed E-state index contributed by atoms with van der Waals surface area (Å²) in [5, 5.41) is 7.36. The smallest absolute Gasteiger partial charge is 0.327 e. The van der Waals surface area contributed by atoms with Crippen LogP contribution in [0.2, 0.25) is 0 Å². The van der Waals surface area contributed by atoms with E-state index < -0.39 is 23.6 Å². The first-order valence-corrected chi connectivity index (χ1v) is 8.78. The number of halogens is 2. The number of hydrogen-bond donors (Lipinski definition) is 1. The van der Waals surface area contributed by atoms with Crippen LogP contribution < -0.4 is 5.32 Å². The Morgan fingerprint density at radius 3 is 2.32 bits per heavy atom. The average Bonchev–Trinajstić information content (AvgIpc) is 3.12. The summed E-state index contributed by atoms with van der Waals surface area (Å²) in [5.41, 5.74) is 3.05. The molecule has 1 atom stereocenters. The largest absolute Gasteiger partial charge is 0.468 e. The highest BCUT2D eigenvalue weighted by molar-refractivity contribution is 5.78. The molecule has 1 aromatic heterocycles. The third kappa shape index (κ3) is 3.94. The predicted octanol–water partition coefficient (Wildman–Crippen LogP) is 3.77. The molecule has 28 heavy (non-hydrogen) atoms. The van der Waals surface area contributed by atoms with E-state index in [2.05, 4.69) is 10.4 Å². The number of carbonyl (C=O) groups is 1. The van der Waals surface area contributed by atoms with Crippen LogP contribution in [-0.2, 0) is 16.1 Å². The maximum absolute atomic E-state index is 13.9. The molecule has 1 heterocycles. The van der Waals surface area contributed by atoms with Crippen LogP contribution >= 0.6 is 0 Å². The molecule has 2 aromatic carbocycles. The van der Waals surface area contributed by atoms with E-state index in [1.165, 1.54) is 31.5 Å². The first kappa shape index (κ1) is 19.7. The standard InChI is InChI=1S/C21H21F2N3O2/c1-13-6-4-7-14(2)18(13)19(21(27)28-3)24-12-15-10-11-26(25-15)20-16(22)8-5-9-17(20)23/h4-11,19,24H,12H2,1-3H3/t19-/m0/s1. The fraction of sp³-hybridized carbons (Fsp3) is 0.238. The van der Waals surface area contributed by atoms with Gasteiger partial charge in [-0.2, -0.15) is 5.10 Å². The van der Waals surface area contributed by atoms with E-state index in [1.807, 2.05) is 32.0 Å². The third-order valence-corrected chi connectivity index (χ3v) is 4.57. The molecule has 0 amide bonds. The number of ether oxygens (including phenoxy) is 1. The van der Waals surface area contributed by atoms with Gasteiger partial charge in [0.25, 0.3) is 0 Å². The van der Waals surface area contributed by atoms with E-state index in [4.69, 9.17) is 4.74 Å². The second-order valence-corrected chi connectivity index (χ2v) is 6.46. The van der Waals surface area contributed by atoms with Crippen molar-refractivity contribution < 1.29 is 18.3 Å². The Labute approximate surface area is 161 Å². The highest BCUT2D eigenvalue weighted by Gasteiger charge is 2.24. The molecular weight excluding hydrogens is 364 g/mol. The zero-order valence-corrected chi connectivity index (χ0v) is 15.9. The summed E-state index contributed by atoms with van der Waals surface area (Å²) in [7, 11) is 1.33. The summed E-state index contributed by atoms with van der Waals surface area (Å²) in [6.07, 6.45) is 1.48. The molecule has 0 aliphatic rings. The van der Waals surface area contributed by atoms with Gasteiger partial charge in [0.2, 0.25) is 0 Å². The minimum absolute atomic E-state index is 0.219. The molecule has 7 heteroatoms. The Balaban J connectivity index is 1.84. The minimum Gasteiger partial charge on any atom is -0.468 e. The molecule has 0 aliphatic heterocycles. The molecule has 0 unspecified atom stereocenters. The van der Waals surface area contributed by atoms with Gasteiger partial charge in [-0.1, -0.05) is 24.3 Å². The summed E-state index contributed by atoms with van der Waals surface area (Å²) in [4.78, 5) is 12.3. The van der Waals surface area contributed by atoms with Gasteiger partial charge in [0, 0.05) is 12.7 Å². The van der Waals surface area contributed by atoms with Crippen molar-refractivity contribution in [2.75, 3.05) is 7.11 Å². The van der Waals surface area contributed by atoms with E-state index in [-0.39, 0.29) is 12.2 Å². The highest BCUT2D eigenvalue weighted by Crippen LogP contribution is 2.24. The number of rotatable bonds is 6. The lowest BCUT2D eigenvalue weighted by molar-refractivity contribution is -0.143. The van der Waals surface area contributed by atoms with E-state index in [1.54, 1.807) is 6.07 Å². The fourth-order valence-electron chi connectivity index (χ4n) is 3.20. The van der Waals surface area contributed by atoms with Gasteiger partial charge in [0.1, 0.15) is 11.7 Å². The molecule has 0 saturated carbocycles. The van der Waals surface area contributed by atoms with Crippen LogP contribution in [0.4, 0.5) is 8.78 Å². The zero-order chi connectivity index (χ0) is 20.3. The van der Waals surface area contributed by atoms with Gasteiger partial charge in [-0.3, -0.25) is 5.32 Å². The summed E-state index contributed by atoms with van der Waals surface area (Å²) in [6, 6.07) is 10.4. The average molecular weight is 385 g/mol. The number of para-hydroxylation sites is 1. The number of methoxy groups -OCH3 is 1. The molecule has 146 valence electrons. The van der Waals surface area contributed by atoms with Crippen LogP contribution in [0.15, 0.2) is 48.7 Å². The van der Waals surface area contributed by atoms with E-state index in [9.17, 15) is 13.6 Å². The Morgan fingerprint density at radius 2 is 1.71 bits per heavy atom. The first-order valence-electron chi connectivity index (χ1n) is 8.78. The topological polar surface area (TPSA) is 56.1 Å². The van der Waals surface area contributed by atoms with Crippen molar-refractivity contribution in [2.45, 2.75) is 26.4 Å². The molecular formula is C21H21F2N3O2. The number of hydrogen-bond acceptors (Lipinski definition) is 4. The number of carbonyl (C=O) groups excluding carboxylic acids is 1. The summed E-state index contributed by atoms with van der Waals surface area (Å²) < 4.78 is 34.0. The van der Waals surface area contributed by atoms with Crippen LogP contribution in [0.25, 0.3) is 5.69 Å². The normalized spacial score (nSPS) is 12.0. The third-order valence-electron chi connectivity index (χ3n) is 4.57. The van der Waals surface area contributed by atoms with Gasteiger partial charge in [-0.05, 0) is 48.7 Å². The van der Waals surface area contributed by atoms with Crippen LogP contribution in [-0.4, -0.2) is 22.9 Å².